The van der Waals surface area contributed by atoms with Crippen LogP contribution in [-0.2, 0) is 4.79 Å². The van der Waals surface area contributed by atoms with E-state index < -0.39 is 23.1 Å². The predicted octanol–water partition coefficient (Wildman–Crippen LogP) is 3.04. The minimum Gasteiger partial charge on any atom is -0.481 e. The number of halogens is 1. The van der Waals surface area contributed by atoms with Crippen molar-refractivity contribution < 1.29 is 23.9 Å². The van der Waals surface area contributed by atoms with Crippen LogP contribution < -0.4 is 10.6 Å². The van der Waals surface area contributed by atoms with Crippen LogP contribution in [0.15, 0.2) is 30.3 Å². The Morgan fingerprint density at radius 2 is 1.96 bits per heavy atom. The molecule has 136 valence electrons. The monoisotopic (exact) mass is 376 g/mol. The summed E-state index contributed by atoms with van der Waals surface area (Å²) in [5.74, 6) is -2.25. The molecular weight excluding hydrogens is 359 g/mol. The van der Waals surface area contributed by atoms with E-state index in [2.05, 4.69) is 10.6 Å². The van der Waals surface area contributed by atoms with Crippen LogP contribution in [0.25, 0.3) is 0 Å². The first kappa shape index (κ1) is 18.1. The fraction of sp³-hybridized carbons (Fsp3) is 0.278. The van der Waals surface area contributed by atoms with Gasteiger partial charge in [0, 0.05) is 12.1 Å². The molecule has 0 unspecified atom stereocenters. The Labute approximate surface area is 153 Å². The molecule has 1 aromatic carbocycles. The summed E-state index contributed by atoms with van der Waals surface area (Å²) in [5, 5.41) is 14.9. The second kappa shape index (κ2) is 6.87. The van der Waals surface area contributed by atoms with E-state index >= 15 is 0 Å². The first-order valence-corrected chi connectivity index (χ1v) is 8.81. The molecule has 26 heavy (non-hydrogen) atoms. The van der Waals surface area contributed by atoms with E-state index in [1.807, 2.05) is 0 Å². The van der Waals surface area contributed by atoms with Gasteiger partial charge in [-0.1, -0.05) is 6.07 Å². The average molecular weight is 376 g/mol. The van der Waals surface area contributed by atoms with Gasteiger partial charge in [0.15, 0.2) is 0 Å². The van der Waals surface area contributed by atoms with Crippen LogP contribution in [0.4, 0.5) is 9.39 Å². The second-order valence-corrected chi connectivity index (χ2v) is 7.41. The van der Waals surface area contributed by atoms with Gasteiger partial charge in [-0.3, -0.25) is 14.4 Å². The van der Waals surface area contributed by atoms with Crippen LogP contribution in [0.1, 0.15) is 38.4 Å². The topological polar surface area (TPSA) is 95.5 Å². The molecule has 1 aliphatic carbocycles. The lowest BCUT2D eigenvalue weighted by atomic mass is 10.1. The van der Waals surface area contributed by atoms with Crippen molar-refractivity contribution in [2.45, 2.75) is 19.8 Å². The number of rotatable bonds is 6. The van der Waals surface area contributed by atoms with Gasteiger partial charge in [-0.25, -0.2) is 4.39 Å². The van der Waals surface area contributed by atoms with Gasteiger partial charge in [-0.15, -0.1) is 11.3 Å². The Balaban J connectivity index is 1.66. The fourth-order valence-corrected chi connectivity index (χ4v) is 3.51. The molecule has 0 atom stereocenters. The van der Waals surface area contributed by atoms with Gasteiger partial charge in [-0.2, -0.15) is 0 Å². The molecule has 2 amide bonds. The van der Waals surface area contributed by atoms with Crippen molar-refractivity contribution in [3.05, 3.63) is 52.2 Å². The van der Waals surface area contributed by atoms with Crippen LogP contribution in [0.2, 0.25) is 0 Å². The van der Waals surface area contributed by atoms with E-state index in [1.54, 1.807) is 13.0 Å². The molecule has 0 radical (unpaired) electrons. The van der Waals surface area contributed by atoms with E-state index in [-0.39, 0.29) is 18.0 Å². The summed E-state index contributed by atoms with van der Waals surface area (Å²) >= 11 is 1.09. The molecule has 0 bridgehead atoms. The summed E-state index contributed by atoms with van der Waals surface area (Å²) in [6, 6.07) is 6.97. The second-order valence-electron chi connectivity index (χ2n) is 6.36. The number of carbonyl (C=O) groups excluding carboxylic acids is 2. The Bertz CT molecular complexity index is 889. The normalized spacial score (nSPS) is 14.5. The highest BCUT2D eigenvalue weighted by Gasteiger charge is 2.50. The summed E-state index contributed by atoms with van der Waals surface area (Å²) in [4.78, 5) is 36.0. The molecule has 8 heteroatoms. The van der Waals surface area contributed by atoms with Crippen LogP contribution in [0.5, 0.6) is 0 Å². The Morgan fingerprint density at radius 3 is 2.58 bits per heavy atom. The molecule has 1 fully saturated rings. The maximum atomic E-state index is 13.2. The number of anilines is 1. The maximum absolute atomic E-state index is 13.2. The van der Waals surface area contributed by atoms with Gasteiger partial charge in [-0.05, 0) is 49.6 Å². The highest BCUT2D eigenvalue weighted by Crippen LogP contribution is 2.45. The summed E-state index contributed by atoms with van der Waals surface area (Å²) < 4.78 is 13.2. The van der Waals surface area contributed by atoms with Crippen molar-refractivity contribution in [3.8, 4) is 0 Å². The molecule has 1 saturated carbocycles. The largest absolute Gasteiger partial charge is 0.481 e. The zero-order valence-corrected chi connectivity index (χ0v) is 14.8. The van der Waals surface area contributed by atoms with Crippen LogP contribution in [0.3, 0.4) is 0 Å². The van der Waals surface area contributed by atoms with Crippen LogP contribution in [0, 0.1) is 18.2 Å². The number of carbonyl (C=O) groups is 3. The Morgan fingerprint density at radius 1 is 1.23 bits per heavy atom. The number of aryl methyl sites for hydroxylation is 1. The zero-order chi connectivity index (χ0) is 18.9. The van der Waals surface area contributed by atoms with Crippen molar-refractivity contribution in [3.63, 3.8) is 0 Å². The summed E-state index contributed by atoms with van der Waals surface area (Å²) in [6.07, 6.45) is 1.11. The Kier molecular flexibility index (Phi) is 4.78. The Hall–Kier alpha value is -2.74. The third-order valence-corrected chi connectivity index (χ3v) is 5.49. The van der Waals surface area contributed by atoms with Gasteiger partial charge >= 0.3 is 5.97 Å². The van der Waals surface area contributed by atoms with Gasteiger partial charge < -0.3 is 15.7 Å². The SMILES string of the molecule is Cc1cc(NC(=O)c2cccc(F)c2)sc1C(=O)NCC1(C(=O)O)CC1. The van der Waals surface area contributed by atoms with E-state index in [4.69, 9.17) is 5.11 Å². The number of aliphatic carboxylic acids is 1. The molecule has 3 rings (SSSR count). The fourth-order valence-electron chi connectivity index (χ4n) is 2.53. The summed E-state index contributed by atoms with van der Waals surface area (Å²) in [5.41, 5.74) is 0.0105. The van der Waals surface area contributed by atoms with E-state index in [0.717, 1.165) is 17.4 Å². The average Bonchev–Trinajstić information content (AvgIpc) is 3.30. The van der Waals surface area contributed by atoms with Gasteiger partial charge in [0.1, 0.15) is 5.82 Å². The molecule has 1 aromatic heterocycles. The molecule has 1 aliphatic rings. The van der Waals surface area contributed by atoms with E-state index in [0.29, 0.717) is 28.3 Å². The maximum Gasteiger partial charge on any atom is 0.311 e. The number of nitrogens with one attached hydrogen (secondary N) is 2. The zero-order valence-electron chi connectivity index (χ0n) is 14.0. The van der Waals surface area contributed by atoms with Crippen molar-refractivity contribution in [2.75, 3.05) is 11.9 Å². The third kappa shape index (κ3) is 3.75. The molecule has 2 aromatic rings. The lowest BCUT2D eigenvalue weighted by Gasteiger charge is -2.10. The van der Waals surface area contributed by atoms with Gasteiger partial charge in [0.25, 0.3) is 11.8 Å². The number of carboxylic acids is 1. The molecule has 0 spiro atoms. The number of benzene rings is 1. The summed E-state index contributed by atoms with van der Waals surface area (Å²) in [6.45, 7) is 1.82. The van der Waals surface area contributed by atoms with E-state index in [9.17, 15) is 18.8 Å². The standard InChI is InChI=1S/C18H17FN2O4S/c1-10-7-13(21-15(22)11-3-2-4-12(19)8-11)26-14(10)16(23)20-9-18(5-6-18)17(24)25/h2-4,7-8H,5-6,9H2,1H3,(H,20,23)(H,21,22)(H,24,25). The minimum absolute atomic E-state index is 0.0868. The third-order valence-electron chi connectivity index (χ3n) is 4.34. The van der Waals surface area contributed by atoms with Crippen molar-refractivity contribution >= 4 is 34.1 Å². The lowest BCUT2D eigenvalue weighted by molar-refractivity contribution is -0.143. The van der Waals surface area contributed by atoms with E-state index in [1.165, 1.54) is 18.2 Å². The van der Waals surface area contributed by atoms with Crippen molar-refractivity contribution in [1.82, 2.24) is 5.32 Å². The van der Waals surface area contributed by atoms with Gasteiger partial charge in [0.05, 0.1) is 15.3 Å². The first-order chi connectivity index (χ1) is 12.3. The molecule has 0 aliphatic heterocycles. The number of carboxylic acid groups (broad SMARTS) is 1. The molecule has 0 saturated heterocycles. The number of hydrogen-bond donors (Lipinski definition) is 3. The molecule has 3 N–H and O–H groups in total. The molecular formula is C18H17FN2O4S. The van der Waals surface area contributed by atoms with Crippen molar-refractivity contribution in [1.29, 1.82) is 0 Å². The predicted molar refractivity (Wildman–Crippen MR) is 95.0 cm³/mol. The number of amides is 2. The van der Waals surface area contributed by atoms with Crippen LogP contribution >= 0.6 is 11.3 Å². The van der Waals surface area contributed by atoms with Crippen LogP contribution in [-0.4, -0.2) is 29.4 Å². The first-order valence-electron chi connectivity index (χ1n) is 8.00. The van der Waals surface area contributed by atoms with Gasteiger partial charge in [0.2, 0.25) is 0 Å². The number of hydrogen-bond acceptors (Lipinski definition) is 4. The minimum atomic E-state index is -0.899. The lowest BCUT2D eigenvalue weighted by Crippen LogP contribution is -2.34. The quantitative estimate of drug-likeness (QED) is 0.722. The summed E-state index contributed by atoms with van der Waals surface area (Å²) in [7, 11) is 0. The smallest absolute Gasteiger partial charge is 0.311 e. The highest BCUT2D eigenvalue weighted by atomic mass is 32.1. The van der Waals surface area contributed by atoms with Crippen molar-refractivity contribution in [2.24, 2.45) is 5.41 Å². The number of thiophene rings is 1. The molecule has 6 nitrogen and oxygen atoms in total. The molecule has 1 heterocycles. The highest BCUT2D eigenvalue weighted by molar-refractivity contribution is 7.18.